The zero-order valence-corrected chi connectivity index (χ0v) is 23.3. The van der Waals surface area contributed by atoms with Crippen LogP contribution in [-0.2, 0) is 24.3 Å². The topological polar surface area (TPSA) is 122 Å². The van der Waals surface area contributed by atoms with Crippen molar-refractivity contribution in [1.82, 2.24) is 16.1 Å². The molecule has 1 aliphatic carbocycles. The van der Waals surface area contributed by atoms with Crippen LogP contribution in [0.1, 0.15) is 58.2 Å². The van der Waals surface area contributed by atoms with Gasteiger partial charge in [-0.25, -0.2) is 11.0 Å². The van der Waals surface area contributed by atoms with Crippen LogP contribution in [0, 0.1) is 11.4 Å². The lowest BCUT2D eigenvalue weighted by molar-refractivity contribution is -0.122. The summed E-state index contributed by atoms with van der Waals surface area (Å²) in [6.45, 7) is 7.95. The lowest BCUT2D eigenvalue weighted by Gasteiger charge is -2.24. The van der Waals surface area contributed by atoms with Gasteiger partial charge in [-0.3, -0.25) is 4.79 Å². The molecule has 2 aliphatic rings. The first-order valence-corrected chi connectivity index (χ1v) is 13.5. The first-order valence-electron chi connectivity index (χ1n) is 13.5. The zero-order valence-electron chi connectivity index (χ0n) is 23.3. The molecule has 210 valence electrons. The Hall–Kier alpha value is -3.59. The molecule has 0 bridgehead atoms. The van der Waals surface area contributed by atoms with E-state index in [9.17, 15) is 4.79 Å². The van der Waals surface area contributed by atoms with Crippen LogP contribution in [0.2, 0.25) is 0 Å². The van der Waals surface area contributed by atoms with Gasteiger partial charge in [-0.15, -0.1) is 0 Å². The van der Waals surface area contributed by atoms with E-state index >= 15 is 0 Å². The van der Waals surface area contributed by atoms with Crippen molar-refractivity contribution in [2.45, 2.75) is 58.2 Å². The minimum Gasteiger partial charge on any atom is -0.386 e. The van der Waals surface area contributed by atoms with Crippen LogP contribution in [0.5, 0.6) is 0 Å². The molecule has 0 saturated heterocycles. The number of nitrogens with one attached hydrogen (secondary N) is 5. The first kappa shape index (κ1) is 28.4. The fourth-order valence-corrected chi connectivity index (χ4v) is 4.98. The van der Waals surface area contributed by atoms with Gasteiger partial charge in [-0.05, 0) is 91.6 Å². The summed E-state index contributed by atoms with van der Waals surface area (Å²) in [6.07, 6.45) is 1.88. The van der Waals surface area contributed by atoms with Gasteiger partial charge in [0.25, 0.3) is 0 Å². The van der Waals surface area contributed by atoms with Crippen molar-refractivity contribution in [3.05, 3.63) is 82.9 Å². The maximum absolute atomic E-state index is 12.8. The van der Waals surface area contributed by atoms with Gasteiger partial charge in [0, 0.05) is 34.4 Å². The van der Waals surface area contributed by atoms with E-state index in [2.05, 4.69) is 56.9 Å². The van der Waals surface area contributed by atoms with Gasteiger partial charge in [0.15, 0.2) is 0 Å². The van der Waals surface area contributed by atoms with Crippen molar-refractivity contribution in [2.75, 3.05) is 18.9 Å². The molecule has 0 radical (unpaired) electrons. The minimum atomic E-state index is -0.153. The van der Waals surface area contributed by atoms with Crippen molar-refractivity contribution < 1.29 is 12.9 Å². The van der Waals surface area contributed by atoms with E-state index in [-0.39, 0.29) is 20.2 Å². The number of rotatable bonds is 7. The number of amides is 1. The van der Waals surface area contributed by atoms with E-state index in [1.165, 1.54) is 27.8 Å². The van der Waals surface area contributed by atoms with Crippen LogP contribution < -0.4 is 21.4 Å². The summed E-state index contributed by atoms with van der Waals surface area (Å²) < 4.78 is 0. The molecule has 3 aromatic carbocycles. The molecule has 1 heterocycles. The molecule has 0 aromatic heterocycles. The molecule has 1 aliphatic heterocycles. The smallest absolute Gasteiger partial charge is 0.224 e. The molecule has 3 aromatic rings. The number of hydrogen-bond donors (Lipinski definition) is 6. The number of carbonyl (C=O) groups excluding carboxylic acids is 1. The van der Waals surface area contributed by atoms with E-state index in [0.29, 0.717) is 18.2 Å². The van der Waals surface area contributed by atoms with Crippen molar-refractivity contribution in [2.24, 2.45) is 11.0 Å². The average Bonchev–Trinajstić information content (AvgIpc) is 3.77. The van der Waals surface area contributed by atoms with Gasteiger partial charge in [0.1, 0.15) is 5.69 Å². The molecule has 1 amide bonds. The van der Waals surface area contributed by atoms with Gasteiger partial charge < -0.3 is 21.2 Å². The van der Waals surface area contributed by atoms with E-state index in [1.54, 1.807) is 0 Å². The van der Waals surface area contributed by atoms with Gasteiger partial charge in [-0.1, -0.05) is 48.5 Å². The Bertz CT molecular complexity index is 1310. The number of hydrogen-bond acceptors (Lipinski definition) is 7. The molecule has 1 saturated carbocycles. The Morgan fingerprint density at radius 2 is 1.87 bits per heavy atom. The van der Waals surface area contributed by atoms with Crippen LogP contribution in [-0.4, -0.2) is 30.2 Å². The maximum atomic E-state index is 12.8. The molecule has 0 spiro atoms. The van der Waals surface area contributed by atoms with E-state index in [4.69, 9.17) is 10.7 Å². The van der Waals surface area contributed by atoms with Crippen molar-refractivity contribution in [1.29, 1.82) is 5.53 Å². The molecule has 2 atom stereocenters. The Morgan fingerprint density at radius 1 is 1.13 bits per heavy atom. The monoisotopic (exact) mass is 532 g/mol. The zero-order chi connectivity index (χ0) is 28.0. The second kappa shape index (κ2) is 12.5. The number of anilines is 1. The molecular formula is C31H44N6O2. The molecular weight excluding hydrogens is 488 g/mol. The van der Waals surface area contributed by atoms with Crippen LogP contribution in [0.25, 0.3) is 11.1 Å². The lowest BCUT2D eigenvalue weighted by Crippen LogP contribution is -2.32. The second-order valence-electron chi connectivity index (χ2n) is 11.2. The third-order valence-corrected chi connectivity index (χ3v) is 7.22. The van der Waals surface area contributed by atoms with Crippen LogP contribution >= 0.6 is 0 Å². The number of hydroxylamine groups is 1. The van der Waals surface area contributed by atoms with E-state index in [1.807, 2.05) is 58.2 Å². The summed E-state index contributed by atoms with van der Waals surface area (Å²) in [7, 11) is 1.85. The highest BCUT2D eigenvalue weighted by molar-refractivity contribution is 5.83. The fourth-order valence-electron chi connectivity index (χ4n) is 4.98. The molecule has 1 fully saturated rings. The quantitative estimate of drug-likeness (QED) is 0.156. The van der Waals surface area contributed by atoms with Crippen LogP contribution in [0.15, 0.2) is 65.8 Å². The number of carbonyl (C=O) groups is 1. The summed E-state index contributed by atoms with van der Waals surface area (Å²) in [4.78, 5) is 12.8. The Balaban J connectivity index is 0.000000667. The predicted molar refractivity (Wildman–Crippen MR) is 160 cm³/mol. The molecule has 8 heteroatoms. The summed E-state index contributed by atoms with van der Waals surface area (Å²) >= 11 is 0. The number of fused-ring (bicyclic) bond motifs is 1. The maximum Gasteiger partial charge on any atom is 0.224 e. The van der Waals surface area contributed by atoms with Gasteiger partial charge in [0.05, 0.1) is 5.69 Å². The standard InChI is InChI=1S/C27H29N5O.C4H11NO.2H2/c1-29-26-13-18(8-10-25(26)32-28)20-9-7-19(24-16-30-12-11-21(20)24)15-31-27(33)23-14-22(23)17-5-3-2-4-6-17;1-4(2,3)5-6;;/h2-10,13,22-23,28-30H,11-12,14-16H2,1H3,(H,31,33);5-6H,1-3H3;2*1H/t22-,23?;;;/m0.../s1. The fraction of sp³-hybridized carbons (Fsp3) is 0.387. The Kier molecular flexibility index (Phi) is 9.12. The first-order chi connectivity index (χ1) is 18.8. The van der Waals surface area contributed by atoms with Gasteiger partial charge in [0.2, 0.25) is 5.91 Å². The SMILES string of the molecule is CC(C)(C)NO.CNc1cc(-c2ccc(CNC(=O)C3C[C@H]3c3ccccc3)c3c2CCNC3)ccc1N=N.[HH].[HH]. The molecule has 5 rings (SSSR count). The molecule has 6 N–H and O–H groups in total. The largest absolute Gasteiger partial charge is 0.386 e. The average molecular weight is 533 g/mol. The third-order valence-electron chi connectivity index (χ3n) is 7.22. The normalized spacial score (nSPS) is 17.8. The number of benzene rings is 3. The predicted octanol–water partition coefficient (Wildman–Crippen LogP) is 6.38. The third kappa shape index (κ3) is 7.09. The lowest BCUT2D eigenvalue weighted by atomic mass is 9.88. The second-order valence-corrected chi connectivity index (χ2v) is 11.2. The highest BCUT2D eigenvalue weighted by Crippen LogP contribution is 2.47. The van der Waals surface area contributed by atoms with Gasteiger partial charge >= 0.3 is 0 Å². The Labute approximate surface area is 234 Å². The summed E-state index contributed by atoms with van der Waals surface area (Å²) in [5.74, 6) is 0.587. The van der Waals surface area contributed by atoms with Crippen molar-refractivity contribution >= 4 is 17.3 Å². The van der Waals surface area contributed by atoms with E-state index < -0.39 is 0 Å². The Morgan fingerprint density at radius 3 is 2.54 bits per heavy atom. The van der Waals surface area contributed by atoms with Crippen molar-refractivity contribution in [3.8, 4) is 11.1 Å². The van der Waals surface area contributed by atoms with Gasteiger partial charge in [-0.2, -0.15) is 5.11 Å². The summed E-state index contributed by atoms with van der Waals surface area (Å²) in [5.41, 5.74) is 18.2. The summed E-state index contributed by atoms with van der Waals surface area (Å²) in [5, 5.41) is 21.6. The number of nitrogens with zero attached hydrogens (tertiary/aromatic N) is 1. The highest BCUT2D eigenvalue weighted by atomic mass is 16.5. The molecule has 1 unspecified atom stereocenters. The highest BCUT2D eigenvalue weighted by Gasteiger charge is 2.43. The minimum absolute atomic E-state index is 0. The van der Waals surface area contributed by atoms with Crippen LogP contribution in [0.4, 0.5) is 11.4 Å². The molecule has 8 nitrogen and oxygen atoms in total. The molecule has 39 heavy (non-hydrogen) atoms. The van der Waals surface area contributed by atoms with E-state index in [0.717, 1.165) is 37.2 Å². The van der Waals surface area contributed by atoms with Crippen molar-refractivity contribution in [3.63, 3.8) is 0 Å². The van der Waals surface area contributed by atoms with Crippen LogP contribution in [0.3, 0.4) is 0 Å². The summed E-state index contributed by atoms with van der Waals surface area (Å²) in [6, 6.07) is 20.6.